The summed E-state index contributed by atoms with van der Waals surface area (Å²) in [6.07, 6.45) is 2.21. The maximum Gasteiger partial charge on any atom is 0.128 e. The fourth-order valence-corrected chi connectivity index (χ4v) is 1.07. The Morgan fingerprint density at radius 1 is 1.50 bits per heavy atom. The molecule has 0 bridgehead atoms. The van der Waals surface area contributed by atoms with Crippen LogP contribution in [0.15, 0.2) is 0 Å². The van der Waals surface area contributed by atoms with Crippen molar-refractivity contribution in [1.82, 2.24) is 0 Å². The Balaban J connectivity index is 2.74. The van der Waals surface area contributed by atoms with E-state index in [0.29, 0.717) is 0 Å². The Hall–Kier alpha value is -0.480. The van der Waals surface area contributed by atoms with Gasteiger partial charge in [-0.3, -0.25) is 0 Å². The SMILES string of the molecule is CC#CC(C)(O)C1(C)CC1. The number of hydrogen-bond acceptors (Lipinski definition) is 1. The van der Waals surface area contributed by atoms with Gasteiger partial charge in [-0.1, -0.05) is 12.8 Å². The molecule has 10 heavy (non-hydrogen) atoms. The van der Waals surface area contributed by atoms with Gasteiger partial charge in [0.05, 0.1) is 0 Å². The van der Waals surface area contributed by atoms with Crippen LogP contribution in [-0.4, -0.2) is 10.7 Å². The highest BCUT2D eigenvalue weighted by molar-refractivity contribution is 5.20. The summed E-state index contributed by atoms with van der Waals surface area (Å²) in [4.78, 5) is 0. The lowest BCUT2D eigenvalue weighted by molar-refractivity contribution is 0.0503. The molecule has 1 N–H and O–H groups in total. The minimum Gasteiger partial charge on any atom is -0.377 e. The molecular weight excluding hydrogens is 124 g/mol. The van der Waals surface area contributed by atoms with Crippen LogP contribution in [0.1, 0.15) is 33.6 Å². The third-order valence-electron chi connectivity index (χ3n) is 2.54. The summed E-state index contributed by atoms with van der Waals surface area (Å²) in [5.41, 5.74) is -0.683. The molecule has 0 aromatic carbocycles. The maximum absolute atomic E-state index is 9.74. The highest BCUT2D eigenvalue weighted by atomic mass is 16.3. The zero-order valence-corrected chi connectivity index (χ0v) is 6.86. The van der Waals surface area contributed by atoms with Crippen LogP contribution in [0.25, 0.3) is 0 Å². The van der Waals surface area contributed by atoms with Gasteiger partial charge in [-0.05, 0) is 26.7 Å². The van der Waals surface area contributed by atoms with E-state index in [0.717, 1.165) is 12.8 Å². The van der Waals surface area contributed by atoms with Crippen molar-refractivity contribution in [3.8, 4) is 11.8 Å². The average Bonchev–Trinajstić information content (AvgIpc) is 2.49. The van der Waals surface area contributed by atoms with Crippen molar-refractivity contribution in [3.05, 3.63) is 0 Å². The monoisotopic (exact) mass is 138 g/mol. The van der Waals surface area contributed by atoms with E-state index in [4.69, 9.17) is 0 Å². The molecule has 1 rings (SSSR count). The minimum absolute atomic E-state index is 0.0794. The molecule has 0 aromatic heterocycles. The first-order chi connectivity index (χ1) is 4.52. The molecule has 1 atom stereocenters. The first-order valence-electron chi connectivity index (χ1n) is 3.68. The Morgan fingerprint density at radius 3 is 2.30 bits per heavy atom. The van der Waals surface area contributed by atoms with Gasteiger partial charge in [0.25, 0.3) is 0 Å². The van der Waals surface area contributed by atoms with E-state index in [1.807, 2.05) is 0 Å². The lowest BCUT2D eigenvalue weighted by Crippen LogP contribution is -2.32. The van der Waals surface area contributed by atoms with E-state index in [-0.39, 0.29) is 5.41 Å². The minimum atomic E-state index is -0.762. The molecule has 1 aliphatic rings. The fourth-order valence-electron chi connectivity index (χ4n) is 1.07. The molecule has 1 heteroatoms. The lowest BCUT2D eigenvalue weighted by Gasteiger charge is -2.23. The van der Waals surface area contributed by atoms with Crippen molar-refractivity contribution in [3.63, 3.8) is 0 Å². The Morgan fingerprint density at radius 2 is 2.00 bits per heavy atom. The first-order valence-corrected chi connectivity index (χ1v) is 3.68. The molecule has 0 spiro atoms. The largest absolute Gasteiger partial charge is 0.377 e. The van der Waals surface area contributed by atoms with Gasteiger partial charge in [0.1, 0.15) is 5.60 Å². The molecule has 1 aliphatic carbocycles. The summed E-state index contributed by atoms with van der Waals surface area (Å²) < 4.78 is 0. The van der Waals surface area contributed by atoms with Gasteiger partial charge in [-0.25, -0.2) is 0 Å². The zero-order chi connectivity index (χ0) is 7.83. The van der Waals surface area contributed by atoms with E-state index < -0.39 is 5.60 Å². The highest BCUT2D eigenvalue weighted by Crippen LogP contribution is 2.53. The summed E-state index contributed by atoms with van der Waals surface area (Å²) in [5.74, 6) is 5.58. The van der Waals surface area contributed by atoms with Gasteiger partial charge in [-0.15, -0.1) is 5.92 Å². The summed E-state index contributed by atoms with van der Waals surface area (Å²) in [5, 5.41) is 9.74. The van der Waals surface area contributed by atoms with Crippen LogP contribution >= 0.6 is 0 Å². The van der Waals surface area contributed by atoms with E-state index >= 15 is 0 Å². The molecule has 0 radical (unpaired) electrons. The van der Waals surface area contributed by atoms with Gasteiger partial charge in [0.2, 0.25) is 0 Å². The first kappa shape index (κ1) is 7.63. The predicted octanol–water partition coefficient (Wildman–Crippen LogP) is 1.56. The molecule has 0 aromatic rings. The number of hydrogen-bond donors (Lipinski definition) is 1. The zero-order valence-electron chi connectivity index (χ0n) is 6.86. The van der Waals surface area contributed by atoms with E-state index in [2.05, 4.69) is 18.8 Å². The van der Waals surface area contributed by atoms with Crippen LogP contribution in [-0.2, 0) is 0 Å². The molecule has 1 nitrogen and oxygen atoms in total. The van der Waals surface area contributed by atoms with Crippen LogP contribution in [0.2, 0.25) is 0 Å². The Bertz CT molecular complexity index is 189. The van der Waals surface area contributed by atoms with Crippen LogP contribution in [0, 0.1) is 17.3 Å². The topological polar surface area (TPSA) is 20.2 Å². The summed E-state index contributed by atoms with van der Waals surface area (Å²) in [6, 6.07) is 0. The van der Waals surface area contributed by atoms with Gasteiger partial charge in [0.15, 0.2) is 0 Å². The molecule has 56 valence electrons. The normalized spacial score (nSPS) is 26.0. The van der Waals surface area contributed by atoms with Crippen LogP contribution in [0.4, 0.5) is 0 Å². The van der Waals surface area contributed by atoms with Crippen molar-refractivity contribution in [2.24, 2.45) is 5.41 Å². The van der Waals surface area contributed by atoms with Crippen LogP contribution in [0.3, 0.4) is 0 Å². The second kappa shape index (κ2) is 2.00. The van der Waals surface area contributed by atoms with Crippen molar-refractivity contribution in [1.29, 1.82) is 0 Å². The van der Waals surface area contributed by atoms with E-state index in [1.54, 1.807) is 13.8 Å². The van der Waals surface area contributed by atoms with Crippen LogP contribution in [0.5, 0.6) is 0 Å². The van der Waals surface area contributed by atoms with Crippen molar-refractivity contribution >= 4 is 0 Å². The Kier molecular flexibility index (Phi) is 1.53. The summed E-state index contributed by atoms with van der Waals surface area (Å²) in [7, 11) is 0. The third kappa shape index (κ3) is 1.04. The maximum atomic E-state index is 9.74. The van der Waals surface area contributed by atoms with Crippen LogP contribution < -0.4 is 0 Å². The number of aliphatic hydroxyl groups is 1. The smallest absolute Gasteiger partial charge is 0.128 e. The van der Waals surface area contributed by atoms with E-state index in [1.165, 1.54) is 0 Å². The Labute approximate surface area is 62.4 Å². The molecule has 0 amide bonds. The van der Waals surface area contributed by atoms with Gasteiger partial charge in [-0.2, -0.15) is 0 Å². The highest BCUT2D eigenvalue weighted by Gasteiger charge is 2.51. The van der Waals surface area contributed by atoms with Gasteiger partial charge < -0.3 is 5.11 Å². The molecule has 1 unspecified atom stereocenters. The van der Waals surface area contributed by atoms with Crippen molar-refractivity contribution in [2.75, 3.05) is 0 Å². The molecule has 0 aliphatic heterocycles. The molecule has 0 heterocycles. The molecule has 1 fully saturated rings. The van der Waals surface area contributed by atoms with Crippen molar-refractivity contribution < 1.29 is 5.11 Å². The standard InChI is InChI=1S/C9H14O/c1-4-5-9(3,10)8(2)6-7-8/h10H,6-7H2,1-3H3. The van der Waals surface area contributed by atoms with Gasteiger partial charge in [0, 0.05) is 5.41 Å². The summed E-state index contributed by atoms with van der Waals surface area (Å²) in [6.45, 7) is 5.65. The second-order valence-corrected chi connectivity index (χ2v) is 3.51. The quantitative estimate of drug-likeness (QED) is 0.545. The predicted molar refractivity (Wildman–Crippen MR) is 41.4 cm³/mol. The fraction of sp³-hybridized carbons (Fsp3) is 0.778. The van der Waals surface area contributed by atoms with Crippen molar-refractivity contribution in [2.45, 2.75) is 39.2 Å². The molecule has 1 saturated carbocycles. The molecular formula is C9H14O. The number of rotatable bonds is 1. The summed E-state index contributed by atoms with van der Waals surface area (Å²) >= 11 is 0. The molecule has 0 saturated heterocycles. The third-order valence-corrected chi connectivity index (χ3v) is 2.54. The second-order valence-electron chi connectivity index (χ2n) is 3.51. The lowest BCUT2D eigenvalue weighted by atomic mass is 9.88. The van der Waals surface area contributed by atoms with E-state index in [9.17, 15) is 5.11 Å². The van der Waals surface area contributed by atoms with Gasteiger partial charge >= 0.3 is 0 Å². The average molecular weight is 138 g/mol.